The third-order valence-corrected chi connectivity index (χ3v) is 3.58. The summed E-state index contributed by atoms with van der Waals surface area (Å²) in [5.74, 6) is 0.173. The first-order valence-corrected chi connectivity index (χ1v) is 6.36. The topological polar surface area (TPSA) is 49.6 Å². The number of benzene rings is 1. The van der Waals surface area contributed by atoms with Gasteiger partial charge in [0.1, 0.15) is 0 Å². The van der Waals surface area contributed by atoms with E-state index in [1.165, 1.54) is 11.1 Å². The van der Waals surface area contributed by atoms with Crippen molar-refractivity contribution in [3.05, 3.63) is 35.4 Å². The third-order valence-electron chi connectivity index (χ3n) is 3.58. The van der Waals surface area contributed by atoms with Gasteiger partial charge in [0.2, 0.25) is 5.91 Å². The van der Waals surface area contributed by atoms with Crippen LogP contribution in [-0.4, -0.2) is 48.9 Å². The van der Waals surface area contributed by atoms with Gasteiger partial charge >= 0.3 is 0 Å². The minimum atomic E-state index is 0.141. The summed E-state index contributed by atoms with van der Waals surface area (Å²) >= 11 is 0. The molecule has 1 heterocycles. The van der Waals surface area contributed by atoms with E-state index >= 15 is 0 Å². The molecule has 1 aromatic rings. The van der Waals surface area contributed by atoms with Crippen LogP contribution >= 0.6 is 0 Å². The maximum Gasteiger partial charge on any atom is 0.236 e. The molecule has 0 saturated carbocycles. The molecule has 0 radical (unpaired) electrons. The van der Waals surface area contributed by atoms with E-state index in [0.29, 0.717) is 13.1 Å². The van der Waals surface area contributed by atoms with Gasteiger partial charge in [-0.1, -0.05) is 29.8 Å². The second kappa shape index (κ2) is 5.50. The fourth-order valence-corrected chi connectivity index (χ4v) is 2.42. The van der Waals surface area contributed by atoms with Gasteiger partial charge in [0.05, 0.1) is 6.54 Å². The number of nitrogens with two attached hydrogens (primary N) is 1. The highest BCUT2D eigenvalue weighted by molar-refractivity contribution is 5.78. The number of amides is 1. The highest BCUT2D eigenvalue weighted by Gasteiger charge is 2.27. The molecule has 0 spiro atoms. The zero-order chi connectivity index (χ0) is 13.1. The number of nitrogens with zero attached hydrogens (tertiary/aromatic N) is 2. The number of hydrogen-bond donors (Lipinski definition) is 1. The molecular weight excluding hydrogens is 226 g/mol. The summed E-state index contributed by atoms with van der Waals surface area (Å²) in [6.07, 6.45) is 0. The zero-order valence-electron chi connectivity index (χ0n) is 11.1. The minimum Gasteiger partial charge on any atom is -0.343 e. The van der Waals surface area contributed by atoms with E-state index in [1.807, 2.05) is 13.1 Å². The Morgan fingerprint density at radius 2 is 2.17 bits per heavy atom. The molecule has 0 aliphatic carbocycles. The van der Waals surface area contributed by atoms with Crippen molar-refractivity contribution < 1.29 is 4.79 Å². The first kappa shape index (κ1) is 13.1. The van der Waals surface area contributed by atoms with Crippen LogP contribution in [0.15, 0.2) is 24.3 Å². The second-order valence-electron chi connectivity index (χ2n) is 4.95. The van der Waals surface area contributed by atoms with Gasteiger partial charge in [-0.3, -0.25) is 9.69 Å². The van der Waals surface area contributed by atoms with Gasteiger partial charge in [0.25, 0.3) is 0 Å². The lowest BCUT2D eigenvalue weighted by Gasteiger charge is -2.37. The Morgan fingerprint density at radius 1 is 1.39 bits per heavy atom. The van der Waals surface area contributed by atoms with E-state index in [4.69, 9.17) is 5.73 Å². The lowest BCUT2D eigenvalue weighted by Crippen LogP contribution is -2.50. The number of carbonyl (C=O) groups excluding carboxylic acids is 1. The number of aryl methyl sites for hydroxylation is 1. The highest BCUT2D eigenvalue weighted by Crippen LogP contribution is 2.22. The van der Waals surface area contributed by atoms with Crippen LogP contribution in [0, 0.1) is 6.92 Å². The summed E-state index contributed by atoms with van der Waals surface area (Å²) in [5.41, 5.74) is 8.33. The Hall–Kier alpha value is -1.39. The molecule has 0 aromatic heterocycles. The fourth-order valence-electron chi connectivity index (χ4n) is 2.42. The fraction of sp³-hybridized carbons (Fsp3) is 0.500. The molecule has 1 fully saturated rings. The van der Waals surface area contributed by atoms with E-state index in [-0.39, 0.29) is 11.9 Å². The average molecular weight is 247 g/mol. The van der Waals surface area contributed by atoms with Crippen molar-refractivity contribution in [1.29, 1.82) is 0 Å². The second-order valence-corrected chi connectivity index (χ2v) is 4.95. The van der Waals surface area contributed by atoms with Gasteiger partial charge in [-0.2, -0.15) is 0 Å². The Bertz CT molecular complexity index is 433. The summed E-state index contributed by atoms with van der Waals surface area (Å²) in [6, 6.07) is 8.51. The molecule has 1 atom stereocenters. The smallest absolute Gasteiger partial charge is 0.236 e. The first-order valence-electron chi connectivity index (χ1n) is 6.36. The molecule has 98 valence electrons. The average Bonchev–Trinajstić information content (AvgIpc) is 2.35. The summed E-state index contributed by atoms with van der Waals surface area (Å²) < 4.78 is 0. The van der Waals surface area contributed by atoms with Gasteiger partial charge in [-0.25, -0.2) is 0 Å². The molecule has 2 rings (SSSR count). The third kappa shape index (κ3) is 2.71. The lowest BCUT2D eigenvalue weighted by atomic mass is 10.0. The molecule has 18 heavy (non-hydrogen) atoms. The van der Waals surface area contributed by atoms with Crippen molar-refractivity contribution in [3.8, 4) is 0 Å². The Balaban J connectivity index is 2.16. The summed E-state index contributed by atoms with van der Waals surface area (Å²) in [5, 5.41) is 0. The largest absolute Gasteiger partial charge is 0.343 e. The van der Waals surface area contributed by atoms with E-state index in [0.717, 1.165) is 13.1 Å². The number of likely N-dealkylation sites (N-methyl/N-ethyl adjacent to an activating group) is 1. The van der Waals surface area contributed by atoms with Crippen molar-refractivity contribution in [2.75, 3.05) is 33.2 Å². The molecule has 0 bridgehead atoms. The maximum absolute atomic E-state index is 11.8. The molecule has 1 saturated heterocycles. The van der Waals surface area contributed by atoms with Crippen LogP contribution in [0.3, 0.4) is 0 Å². The number of piperazine rings is 1. The number of rotatable bonds is 3. The first-order chi connectivity index (χ1) is 8.61. The van der Waals surface area contributed by atoms with E-state index in [2.05, 4.69) is 30.0 Å². The normalized spacial score (nSPS) is 19.1. The summed E-state index contributed by atoms with van der Waals surface area (Å²) in [4.78, 5) is 15.7. The van der Waals surface area contributed by atoms with Crippen molar-refractivity contribution in [2.24, 2.45) is 5.73 Å². The van der Waals surface area contributed by atoms with Crippen molar-refractivity contribution in [1.82, 2.24) is 9.80 Å². The Labute approximate surface area is 108 Å². The van der Waals surface area contributed by atoms with Crippen LogP contribution < -0.4 is 5.73 Å². The van der Waals surface area contributed by atoms with Gasteiger partial charge in [-0.15, -0.1) is 0 Å². The minimum absolute atomic E-state index is 0.141. The quantitative estimate of drug-likeness (QED) is 0.858. The standard InChI is InChI=1S/C14H21N3O/c1-11-4-3-5-12(8-11)13(9-15)17-7-6-16(2)14(18)10-17/h3-5,8,13H,6-7,9-10,15H2,1-2H3. The molecule has 2 N–H and O–H groups in total. The van der Waals surface area contributed by atoms with Gasteiger partial charge in [0.15, 0.2) is 0 Å². The van der Waals surface area contributed by atoms with Gasteiger partial charge in [-0.05, 0) is 12.5 Å². The lowest BCUT2D eigenvalue weighted by molar-refractivity contribution is -0.135. The summed E-state index contributed by atoms with van der Waals surface area (Å²) in [7, 11) is 1.85. The van der Waals surface area contributed by atoms with E-state index in [1.54, 1.807) is 4.90 Å². The maximum atomic E-state index is 11.8. The zero-order valence-corrected chi connectivity index (χ0v) is 11.1. The SMILES string of the molecule is Cc1cccc(C(CN)N2CCN(C)C(=O)C2)c1. The molecule has 1 unspecified atom stereocenters. The Morgan fingerprint density at radius 3 is 2.78 bits per heavy atom. The molecule has 4 heteroatoms. The predicted molar refractivity (Wildman–Crippen MR) is 72.2 cm³/mol. The number of hydrogen-bond acceptors (Lipinski definition) is 3. The van der Waals surface area contributed by atoms with Crippen LogP contribution in [0.25, 0.3) is 0 Å². The van der Waals surface area contributed by atoms with Crippen molar-refractivity contribution in [3.63, 3.8) is 0 Å². The van der Waals surface area contributed by atoms with Crippen LogP contribution in [0.2, 0.25) is 0 Å². The highest BCUT2D eigenvalue weighted by atomic mass is 16.2. The van der Waals surface area contributed by atoms with E-state index < -0.39 is 0 Å². The van der Waals surface area contributed by atoms with E-state index in [9.17, 15) is 4.79 Å². The van der Waals surface area contributed by atoms with Crippen molar-refractivity contribution in [2.45, 2.75) is 13.0 Å². The molecular formula is C14H21N3O. The van der Waals surface area contributed by atoms with Gasteiger partial charge < -0.3 is 10.6 Å². The molecule has 4 nitrogen and oxygen atoms in total. The monoisotopic (exact) mass is 247 g/mol. The number of carbonyl (C=O) groups is 1. The van der Waals surface area contributed by atoms with Crippen LogP contribution in [0.5, 0.6) is 0 Å². The molecule has 1 aromatic carbocycles. The molecule has 1 amide bonds. The Kier molecular flexibility index (Phi) is 3.99. The predicted octanol–water partition coefficient (Wildman–Crippen LogP) is 0.769. The summed E-state index contributed by atoms with van der Waals surface area (Å²) in [6.45, 7) is 4.75. The molecule has 1 aliphatic rings. The van der Waals surface area contributed by atoms with Crippen LogP contribution in [0.1, 0.15) is 17.2 Å². The van der Waals surface area contributed by atoms with Crippen LogP contribution in [-0.2, 0) is 4.79 Å². The molecule has 1 aliphatic heterocycles. The van der Waals surface area contributed by atoms with Gasteiger partial charge in [0, 0.05) is 32.7 Å². The van der Waals surface area contributed by atoms with Crippen molar-refractivity contribution >= 4 is 5.91 Å². The van der Waals surface area contributed by atoms with Crippen LogP contribution in [0.4, 0.5) is 0 Å².